The molecule has 0 spiro atoms. The van der Waals surface area contributed by atoms with Crippen LogP contribution in [-0.2, 0) is 6.54 Å². The SMILES string of the molecule is Cc1cc(Br)c(O)c2c(CN)c[nH]c12. The maximum Gasteiger partial charge on any atom is 0.139 e. The van der Waals surface area contributed by atoms with Gasteiger partial charge in [0.25, 0.3) is 0 Å². The molecule has 0 unspecified atom stereocenters. The summed E-state index contributed by atoms with van der Waals surface area (Å²) in [5.41, 5.74) is 8.55. The molecule has 1 aromatic carbocycles. The van der Waals surface area contributed by atoms with Gasteiger partial charge in [0.2, 0.25) is 0 Å². The highest BCUT2D eigenvalue weighted by atomic mass is 79.9. The summed E-state index contributed by atoms with van der Waals surface area (Å²) in [4.78, 5) is 3.11. The minimum absolute atomic E-state index is 0.257. The third-order valence-corrected chi connectivity index (χ3v) is 2.99. The molecule has 3 nitrogen and oxygen atoms in total. The highest BCUT2D eigenvalue weighted by Crippen LogP contribution is 2.36. The second kappa shape index (κ2) is 3.29. The van der Waals surface area contributed by atoms with Gasteiger partial charge in [0.05, 0.1) is 9.99 Å². The number of aryl methyl sites for hydroxylation is 1. The van der Waals surface area contributed by atoms with Crippen LogP contribution in [0.1, 0.15) is 11.1 Å². The predicted molar refractivity (Wildman–Crippen MR) is 60.3 cm³/mol. The number of nitrogens with one attached hydrogen (secondary N) is 1. The van der Waals surface area contributed by atoms with Crippen molar-refractivity contribution in [2.75, 3.05) is 0 Å². The number of hydrogen-bond donors (Lipinski definition) is 3. The molecule has 2 rings (SSSR count). The fraction of sp³-hybridized carbons (Fsp3) is 0.200. The average molecular weight is 255 g/mol. The number of rotatable bonds is 1. The Morgan fingerprint density at radius 3 is 2.93 bits per heavy atom. The molecule has 0 saturated heterocycles. The number of phenols is 1. The molecule has 4 N–H and O–H groups in total. The number of aromatic nitrogens is 1. The summed E-state index contributed by atoms with van der Waals surface area (Å²) in [6, 6.07) is 1.88. The molecule has 2 aromatic rings. The monoisotopic (exact) mass is 254 g/mol. The van der Waals surface area contributed by atoms with Crippen molar-refractivity contribution >= 4 is 26.8 Å². The number of halogens is 1. The van der Waals surface area contributed by atoms with Gasteiger partial charge in [-0.3, -0.25) is 0 Å². The van der Waals surface area contributed by atoms with E-state index < -0.39 is 0 Å². The molecular weight excluding hydrogens is 244 g/mol. The van der Waals surface area contributed by atoms with E-state index in [1.807, 2.05) is 19.2 Å². The van der Waals surface area contributed by atoms with Crippen LogP contribution >= 0.6 is 15.9 Å². The number of benzene rings is 1. The number of aromatic amines is 1. The molecule has 0 bridgehead atoms. The zero-order chi connectivity index (χ0) is 10.3. The van der Waals surface area contributed by atoms with E-state index in [4.69, 9.17) is 5.73 Å². The first-order chi connectivity index (χ1) is 6.65. The number of nitrogens with two attached hydrogens (primary N) is 1. The molecule has 0 aliphatic heterocycles. The van der Waals surface area contributed by atoms with Crippen molar-refractivity contribution in [3.05, 3.63) is 27.9 Å². The number of fused-ring (bicyclic) bond motifs is 1. The van der Waals surface area contributed by atoms with Gasteiger partial charge >= 0.3 is 0 Å². The van der Waals surface area contributed by atoms with Crippen molar-refractivity contribution in [3.8, 4) is 5.75 Å². The molecule has 0 saturated carbocycles. The van der Waals surface area contributed by atoms with E-state index in [1.54, 1.807) is 0 Å². The number of hydrogen-bond acceptors (Lipinski definition) is 2. The molecule has 0 aliphatic rings. The Morgan fingerprint density at radius 2 is 2.29 bits per heavy atom. The van der Waals surface area contributed by atoms with Gasteiger partial charge in [0.1, 0.15) is 5.75 Å². The molecule has 74 valence electrons. The van der Waals surface area contributed by atoms with E-state index in [0.29, 0.717) is 11.0 Å². The molecule has 0 atom stereocenters. The van der Waals surface area contributed by atoms with Gasteiger partial charge in [-0.15, -0.1) is 0 Å². The lowest BCUT2D eigenvalue weighted by Crippen LogP contribution is -1.94. The van der Waals surface area contributed by atoms with Crippen LogP contribution in [0.5, 0.6) is 5.75 Å². The standard InChI is InChI=1S/C10H11BrN2O/c1-5-2-7(11)10(14)8-6(3-12)4-13-9(5)8/h2,4,13-14H,3,12H2,1H3. The van der Waals surface area contributed by atoms with E-state index in [2.05, 4.69) is 20.9 Å². The third-order valence-electron chi connectivity index (χ3n) is 2.38. The van der Waals surface area contributed by atoms with E-state index >= 15 is 0 Å². The quantitative estimate of drug-likeness (QED) is 0.732. The summed E-state index contributed by atoms with van der Waals surface area (Å²) in [5, 5.41) is 10.7. The average Bonchev–Trinajstić information content (AvgIpc) is 2.58. The molecule has 14 heavy (non-hydrogen) atoms. The topological polar surface area (TPSA) is 62.0 Å². The second-order valence-corrected chi connectivity index (χ2v) is 4.15. The van der Waals surface area contributed by atoms with Crippen molar-refractivity contribution in [3.63, 3.8) is 0 Å². The highest BCUT2D eigenvalue weighted by Gasteiger charge is 2.12. The van der Waals surface area contributed by atoms with Gasteiger partial charge in [-0.2, -0.15) is 0 Å². The Balaban J connectivity index is 2.92. The van der Waals surface area contributed by atoms with Crippen molar-refractivity contribution < 1.29 is 5.11 Å². The molecule has 0 aliphatic carbocycles. The Morgan fingerprint density at radius 1 is 1.57 bits per heavy atom. The lowest BCUT2D eigenvalue weighted by atomic mass is 10.1. The van der Waals surface area contributed by atoms with Crippen LogP contribution < -0.4 is 5.73 Å². The summed E-state index contributed by atoms with van der Waals surface area (Å²) in [5.74, 6) is 0.257. The first kappa shape index (κ1) is 9.55. The molecule has 0 fully saturated rings. The number of H-pyrrole nitrogens is 1. The van der Waals surface area contributed by atoms with Gasteiger partial charge in [-0.05, 0) is 40.0 Å². The van der Waals surface area contributed by atoms with Crippen LogP contribution in [0.15, 0.2) is 16.7 Å². The van der Waals surface area contributed by atoms with Gasteiger partial charge in [-0.25, -0.2) is 0 Å². The molecule has 0 amide bonds. The van der Waals surface area contributed by atoms with Crippen LogP contribution in [0.3, 0.4) is 0 Å². The normalized spacial score (nSPS) is 11.1. The molecular formula is C10H11BrN2O. The number of aromatic hydroxyl groups is 1. The summed E-state index contributed by atoms with van der Waals surface area (Å²) >= 11 is 3.31. The van der Waals surface area contributed by atoms with Crippen LogP contribution in [0.2, 0.25) is 0 Å². The Hall–Kier alpha value is -1.00. The predicted octanol–water partition coefficient (Wildman–Crippen LogP) is 2.40. The molecule has 1 heterocycles. The lowest BCUT2D eigenvalue weighted by Gasteiger charge is -2.03. The second-order valence-electron chi connectivity index (χ2n) is 3.29. The summed E-state index contributed by atoms with van der Waals surface area (Å²) in [6.07, 6.45) is 1.84. The maximum atomic E-state index is 9.86. The van der Waals surface area contributed by atoms with Crippen LogP contribution in [0, 0.1) is 6.92 Å². The maximum absolute atomic E-state index is 9.86. The summed E-state index contributed by atoms with van der Waals surface area (Å²) < 4.78 is 0.705. The summed E-state index contributed by atoms with van der Waals surface area (Å²) in [6.45, 7) is 2.41. The molecule has 4 heteroatoms. The fourth-order valence-corrected chi connectivity index (χ4v) is 2.20. The highest BCUT2D eigenvalue weighted by molar-refractivity contribution is 9.10. The first-order valence-corrected chi connectivity index (χ1v) is 5.12. The number of phenolic OH excluding ortho intramolecular Hbond substituents is 1. The van der Waals surface area contributed by atoms with E-state index in [-0.39, 0.29) is 5.75 Å². The minimum atomic E-state index is 0.257. The van der Waals surface area contributed by atoms with Gasteiger partial charge < -0.3 is 15.8 Å². The zero-order valence-electron chi connectivity index (χ0n) is 7.76. The fourth-order valence-electron chi connectivity index (χ4n) is 1.66. The minimum Gasteiger partial charge on any atom is -0.506 e. The van der Waals surface area contributed by atoms with Gasteiger partial charge in [-0.1, -0.05) is 0 Å². The van der Waals surface area contributed by atoms with Crippen LogP contribution in [0.4, 0.5) is 0 Å². The van der Waals surface area contributed by atoms with Gasteiger partial charge in [0, 0.05) is 18.1 Å². The van der Waals surface area contributed by atoms with Crippen molar-refractivity contribution in [1.29, 1.82) is 0 Å². The smallest absolute Gasteiger partial charge is 0.139 e. The summed E-state index contributed by atoms with van der Waals surface area (Å²) in [7, 11) is 0. The molecule has 1 aromatic heterocycles. The largest absolute Gasteiger partial charge is 0.506 e. The van der Waals surface area contributed by atoms with Crippen molar-refractivity contribution in [2.24, 2.45) is 5.73 Å². The van der Waals surface area contributed by atoms with Crippen LogP contribution in [0.25, 0.3) is 10.9 Å². The third kappa shape index (κ3) is 1.22. The zero-order valence-corrected chi connectivity index (χ0v) is 9.35. The molecule has 0 radical (unpaired) electrons. The van der Waals surface area contributed by atoms with Crippen molar-refractivity contribution in [2.45, 2.75) is 13.5 Å². The van der Waals surface area contributed by atoms with E-state index in [0.717, 1.165) is 22.0 Å². The first-order valence-electron chi connectivity index (χ1n) is 4.33. The van der Waals surface area contributed by atoms with Gasteiger partial charge in [0.15, 0.2) is 0 Å². The van der Waals surface area contributed by atoms with Crippen molar-refractivity contribution in [1.82, 2.24) is 4.98 Å². The van der Waals surface area contributed by atoms with E-state index in [1.165, 1.54) is 0 Å². The lowest BCUT2D eigenvalue weighted by molar-refractivity contribution is 0.478. The Labute approximate surface area is 90.1 Å². The Kier molecular flexibility index (Phi) is 2.25. The van der Waals surface area contributed by atoms with E-state index in [9.17, 15) is 5.11 Å². The van der Waals surface area contributed by atoms with Crippen LogP contribution in [-0.4, -0.2) is 10.1 Å². The Bertz CT molecular complexity index is 490.